The standard InChI is InChI=1S/C19H21Br2NO5S/c1-28(23,24)27-11-10-26-9-8-25-7-6-22-18-4-2-14(20)12-16(18)17-13-15(21)3-5-19(17)22/h2-5,12-13H,6-11H2,1H3. The van der Waals surface area contributed by atoms with E-state index in [0.29, 0.717) is 19.8 Å². The molecule has 0 aliphatic carbocycles. The van der Waals surface area contributed by atoms with Crippen LogP contribution >= 0.6 is 31.9 Å². The maximum absolute atomic E-state index is 10.8. The van der Waals surface area contributed by atoms with Gasteiger partial charge in [-0.3, -0.25) is 4.18 Å². The van der Waals surface area contributed by atoms with Gasteiger partial charge in [0.2, 0.25) is 0 Å². The lowest BCUT2D eigenvalue weighted by molar-refractivity contribution is 0.0353. The fourth-order valence-corrected chi connectivity index (χ4v) is 4.10. The van der Waals surface area contributed by atoms with Crippen molar-refractivity contribution in [1.29, 1.82) is 0 Å². The third-order valence-electron chi connectivity index (χ3n) is 4.15. The van der Waals surface area contributed by atoms with Crippen LogP contribution in [0.3, 0.4) is 0 Å². The summed E-state index contributed by atoms with van der Waals surface area (Å²) in [4.78, 5) is 0. The lowest BCUT2D eigenvalue weighted by Crippen LogP contribution is -2.13. The molecule has 0 fully saturated rings. The molecule has 0 N–H and O–H groups in total. The number of benzene rings is 2. The number of hydrogen-bond donors (Lipinski definition) is 0. The van der Waals surface area contributed by atoms with Crippen LogP contribution in [0.1, 0.15) is 0 Å². The van der Waals surface area contributed by atoms with Crippen molar-refractivity contribution in [3.63, 3.8) is 0 Å². The second-order valence-electron chi connectivity index (χ2n) is 6.23. The molecule has 3 rings (SSSR count). The maximum Gasteiger partial charge on any atom is 0.264 e. The van der Waals surface area contributed by atoms with Crippen molar-refractivity contribution in [3.8, 4) is 0 Å². The van der Waals surface area contributed by atoms with Gasteiger partial charge in [0.1, 0.15) is 0 Å². The zero-order valence-corrected chi connectivity index (χ0v) is 19.3. The van der Waals surface area contributed by atoms with Gasteiger partial charge in [-0.15, -0.1) is 0 Å². The summed E-state index contributed by atoms with van der Waals surface area (Å²) in [6, 6.07) is 12.6. The van der Waals surface area contributed by atoms with Gasteiger partial charge in [-0.05, 0) is 36.4 Å². The van der Waals surface area contributed by atoms with Gasteiger partial charge in [-0.2, -0.15) is 8.42 Å². The van der Waals surface area contributed by atoms with Crippen LogP contribution in [0.2, 0.25) is 0 Å². The summed E-state index contributed by atoms with van der Waals surface area (Å²) in [5.41, 5.74) is 2.32. The van der Waals surface area contributed by atoms with E-state index in [0.717, 1.165) is 32.8 Å². The first-order valence-corrected chi connectivity index (χ1v) is 12.1. The first-order valence-electron chi connectivity index (χ1n) is 8.72. The van der Waals surface area contributed by atoms with Crippen molar-refractivity contribution in [2.75, 3.05) is 39.3 Å². The number of aromatic nitrogens is 1. The Hall–Kier alpha value is -0.970. The molecule has 0 bridgehead atoms. The van der Waals surface area contributed by atoms with Crippen LogP contribution < -0.4 is 0 Å². The van der Waals surface area contributed by atoms with Crippen LogP contribution in [0.5, 0.6) is 0 Å². The fraction of sp³-hybridized carbons (Fsp3) is 0.368. The summed E-state index contributed by atoms with van der Waals surface area (Å²) in [6.45, 7) is 2.33. The molecular formula is C19H21Br2NO5S. The van der Waals surface area contributed by atoms with Crippen LogP contribution in [0.4, 0.5) is 0 Å². The van der Waals surface area contributed by atoms with E-state index in [-0.39, 0.29) is 13.2 Å². The molecule has 6 nitrogen and oxygen atoms in total. The predicted molar refractivity (Wildman–Crippen MR) is 117 cm³/mol. The molecule has 1 aromatic heterocycles. The number of hydrogen-bond acceptors (Lipinski definition) is 5. The maximum atomic E-state index is 10.8. The van der Waals surface area contributed by atoms with Crippen molar-refractivity contribution >= 4 is 63.8 Å². The quantitative estimate of drug-likeness (QED) is 0.286. The van der Waals surface area contributed by atoms with Crippen molar-refractivity contribution in [2.24, 2.45) is 0 Å². The van der Waals surface area contributed by atoms with Gasteiger partial charge in [-0.1, -0.05) is 31.9 Å². The highest BCUT2D eigenvalue weighted by atomic mass is 79.9. The number of fused-ring (bicyclic) bond motifs is 3. The van der Waals surface area contributed by atoms with Crippen LogP contribution in [-0.2, 0) is 30.3 Å². The number of nitrogens with zero attached hydrogens (tertiary/aromatic N) is 1. The van der Waals surface area contributed by atoms with Gasteiger partial charge in [0, 0.05) is 37.3 Å². The Morgan fingerprint density at radius 2 is 1.32 bits per heavy atom. The average Bonchev–Trinajstić information content (AvgIpc) is 2.92. The van der Waals surface area contributed by atoms with Gasteiger partial charge in [-0.25, -0.2) is 0 Å². The highest BCUT2D eigenvalue weighted by Crippen LogP contribution is 2.32. The van der Waals surface area contributed by atoms with Gasteiger partial charge < -0.3 is 14.0 Å². The predicted octanol–water partition coefficient (Wildman–Crippen LogP) is 4.33. The largest absolute Gasteiger partial charge is 0.377 e. The summed E-state index contributed by atoms with van der Waals surface area (Å²) in [7, 11) is -3.41. The molecule has 1 heterocycles. The molecule has 0 aliphatic rings. The van der Waals surface area contributed by atoms with Crippen molar-refractivity contribution in [1.82, 2.24) is 4.57 Å². The first-order chi connectivity index (χ1) is 13.3. The number of ether oxygens (including phenoxy) is 2. The molecule has 0 atom stereocenters. The molecule has 9 heteroatoms. The Morgan fingerprint density at radius 3 is 1.86 bits per heavy atom. The Kier molecular flexibility index (Phi) is 7.52. The minimum Gasteiger partial charge on any atom is -0.377 e. The fourth-order valence-electron chi connectivity index (χ4n) is 3.01. The van der Waals surface area contributed by atoms with Crippen LogP contribution in [0, 0.1) is 0 Å². The molecule has 0 amide bonds. The van der Waals surface area contributed by atoms with E-state index in [2.05, 4.69) is 64.9 Å². The minimum atomic E-state index is -3.41. The second kappa shape index (κ2) is 9.69. The zero-order chi connectivity index (χ0) is 20.1. The second-order valence-corrected chi connectivity index (χ2v) is 9.70. The lowest BCUT2D eigenvalue weighted by atomic mass is 10.2. The summed E-state index contributed by atoms with van der Waals surface area (Å²) in [6.07, 6.45) is 1.02. The van der Waals surface area contributed by atoms with E-state index < -0.39 is 10.1 Å². The Morgan fingerprint density at radius 1 is 0.821 bits per heavy atom. The third kappa shape index (κ3) is 5.77. The molecule has 0 radical (unpaired) electrons. The third-order valence-corrected chi connectivity index (χ3v) is 5.73. The molecule has 3 aromatic rings. The molecule has 0 saturated heterocycles. The summed E-state index contributed by atoms with van der Waals surface area (Å²) in [5.74, 6) is 0. The zero-order valence-electron chi connectivity index (χ0n) is 15.4. The summed E-state index contributed by atoms with van der Waals surface area (Å²) >= 11 is 7.11. The van der Waals surface area contributed by atoms with Gasteiger partial charge in [0.25, 0.3) is 10.1 Å². The molecule has 2 aromatic carbocycles. The molecular weight excluding hydrogens is 514 g/mol. The molecule has 28 heavy (non-hydrogen) atoms. The topological polar surface area (TPSA) is 66.8 Å². The SMILES string of the molecule is CS(=O)(=O)OCCOCCOCCn1c2ccc(Br)cc2c2cc(Br)ccc21. The lowest BCUT2D eigenvalue weighted by Gasteiger charge is -2.09. The molecule has 0 aliphatic heterocycles. The van der Waals surface area contributed by atoms with E-state index in [1.807, 2.05) is 12.1 Å². The van der Waals surface area contributed by atoms with Gasteiger partial charge in [0.05, 0.1) is 39.3 Å². The van der Waals surface area contributed by atoms with Gasteiger partial charge in [0.15, 0.2) is 0 Å². The molecule has 0 saturated carbocycles. The Bertz CT molecular complexity index is 1010. The van der Waals surface area contributed by atoms with E-state index in [1.54, 1.807) is 0 Å². The Balaban J connectivity index is 1.54. The van der Waals surface area contributed by atoms with Crippen molar-refractivity contribution < 1.29 is 22.1 Å². The van der Waals surface area contributed by atoms with E-state index in [4.69, 9.17) is 9.47 Å². The number of rotatable bonds is 10. The van der Waals surface area contributed by atoms with E-state index in [9.17, 15) is 8.42 Å². The van der Waals surface area contributed by atoms with Crippen LogP contribution in [0.15, 0.2) is 45.3 Å². The highest BCUT2D eigenvalue weighted by molar-refractivity contribution is 9.10. The average molecular weight is 535 g/mol. The molecule has 0 unspecified atom stereocenters. The summed E-state index contributed by atoms with van der Waals surface area (Å²) in [5, 5.41) is 2.39. The van der Waals surface area contributed by atoms with Crippen LogP contribution in [-0.4, -0.2) is 52.3 Å². The smallest absolute Gasteiger partial charge is 0.264 e. The number of halogens is 2. The molecule has 152 valence electrons. The minimum absolute atomic E-state index is 0.0191. The first kappa shape index (κ1) is 21.7. The van der Waals surface area contributed by atoms with Crippen molar-refractivity contribution in [2.45, 2.75) is 6.54 Å². The normalized spacial score (nSPS) is 12.2. The summed E-state index contributed by atoms with van der Waals surface area (Å²) < 4.78 is 41.6. The van der Waals surface area contributed by atoms with Crippen LogP contribution in [0.25, 0.3) is 21.8 Å². The molecule has 0 spiro atoms. The van der Waals surface area contributed by atoms with Crippen molar-refractivity contribution in [3.05, 3.63) is 45.3 Å². The van der Waals surface area contributed by atoms with E-state index in [1.165, 1.54) is 10.8 Å². The van der Waals surface area contributed by atoms with E-state index >= 15 is 0 Å². The Labute approximate surface area is 181 Å². The monoisotopic (exact) mass is 533 g/mol. The van der Waals surface area contributed by atoms with Gasteiger partial charge >= 0.3 is 0 Å². The highest BCUT2D eigenvalue weighted by Gasteiger charge is 2.11.